The minimum atomic E-state index is -0.230. The maximum Gasteiger partial charge on any atom is 0.271 e. The molecule has 0 aliphatic rings. The summed E-state index contributed by atoms with van der Waals surface area (Å²) in [4.78, 5) is 12.3. The van der Waals surface area contributed by atoms with Gasteiger partial charge in [0.2, 0.25) is 0 Å². The summed E-state index contributed by atoms with van der Waals surface area (Å²) in [5, 5.41) is 4.09. The third kappa shape index (κ3) is 5.80. The van der Waals surface area contributed by atoms with Crippen molar-refractivity contribution in [3.63, 3.8) is 0 Å². The lowest BCUT2D eigenvalue weighted by atomic mass is 9.87. The fourth-order valence-electron chi connectivity index (χ4n) is 3.00. The molecule has 0 unspecified atom stereocenters. The monoisotopic (exact) mass is 400 g/mol. The molecule has 0 saturated heterocycles. The Bertz CT molecular complexity index is 1020. The third-order valence-corrected chi connectivity index (χ3v) is 4.83. The number of benzene rings is 3. The summed E-state index contributed by atoms with van der Waals surface area (Å²) >= 11 is 0. The van der Waals surface area contributed by atoms with Gasteiger partial charge in [0.15, 0.2) is 0 Å². The lowest BCUT2D eigenvalue weighted by Gasteiger charge is -2.18. The first-order valence-corrected chi connectivity index (χ1v) is 10.0. The van der Waals surface area contributed by atoms with E-state index in [9.17, 15) is 4.79 Å². The predicted molar refractivity (Wildman–Crippen MR) is 122 cm³/mol. The largest absolute Gasteiger partial charge is 0.489 e. The molecule has 3 rings (SSSR count). The van der Waals surface area contributed by atoms with E-state index in [2.05, 4.69) is 31.3 Å². The van der Waals surface area contributed by atoms with Gasteiger partial charge in [-0.1, -0.05) is 63.2 Å². The quantitative estimate of drug-likeness (QED) is 0.430. The lowest BCUT2D eigenvalue weighted by Crippen LogP contribution is -2.18. The molecule has 0 aliphatic carbocycles. The minimum absolute atomic E-state index is 0.0575. The van der Waals surface area contributed by atoms with Gasteiger partial charge in [0, 0.05) is 5.56 Å². The summed E-state index contributed by atoms with van der Waals surface area (Å²) in [6, 6.07) is 23.5. The van der Waals surface area contributed by atoms with E-state index in [1.165, 1.54) is 5.56 Å². The predicted octanol–water partition coefficient (Wildman–Crippen LogP) is 5.64. The van der Waals surface area contributed by atoms with Crippen LogP contribution >= 0.6 is 0 Å². The Morgan fingerprint density at radius 2 is 1.70 bits per heavy atom. The Morgan fingerprint density at radius 3 is 2.33 bits per heavy atom. The zero-order chi connectivity index (χ0) is 21.6. The molecule has 0 saturated carbocycles. The highest BCUT2D eigenvalue weighted by Crippen LogP contribution is 2.22. The van der Waals surface area contributed by atoms with Gasteiger partial charge in [-0.15, -0.1) is 0 Å². The highest BCUT2D eigenvalue weighted by molar-refractivity contribution is 5.94. The molecule has 4 heteroatoms. The molecule has 0 spiro atoms. The Kier molecular flexibility index (Phi) is 6.68. The molecule has 30 heavy (non-hydrogen) atoms. The molecule has 4 nitrogen and oxygen atoms in total. The Hall–Kier alpha value is -3.40. The van der Waals surface area contributed by atoms with Crippen LogP contribution in [0.3, 0.4) is 0 Å². The molecule has 0 aromatic heterocycles. The first kappa shape index (κ1) is 21.3. The van der Waals surface area contributed by atoms with Gasteiger partial charge in [0.05, 0.1) is 6.21 Å². The number of ether oxygens (including phenoxy) is 1. The smallest absolute Gasteiger partial charge is 0.271 e. The van der Waals surface area contributed by atoms with E-state index in [0.717, 1.165) is 22.4 Å². The SMILES string of the molecule is Cc1cc(/C=N\NC(=O)c2ccc(C(C)(C)C)cc2)ccc1OCc1ccccc1. The van der Waals surface area contributed by atoms with Crippen molar-refractivity contribution < 1.29 is 9.53 Å². The second-order valence-corrected chi connectivity index (χ2v) is 8.33. The van der Waals surface area contributed by atoms with Crippen molar-refractivity contribution in [2.24, 2.45) is 5.10 Å². The second kappa shape index (κ2) is 9.40. The molecule has 1 N–H and O–H groups in total. The number of hydrazone groups is 1. The van der Waals surface area contributed by atoms with Crippen molar-refractivity contribution >= 4 is 12.1 Å². The molecule has 0 heterocycles. The summed E-state index contributed by atoms with van der Waals surface area (Å²) in [5.41, 5.74) is 7.45. The van der Waals surface area contributed by atoms with Crippen molar-refractivity contribution in [3.05, 3.63) is 101 Å². The molecule has 0 bridgehead atoms. The van der Waals surface area contributed by atoms with Crippen LogP contribution in [0.15, 0.2) is 77.9 Å². The number of nitrogens with one attached hydrogen (secondary N) is 1. The van der Waals surface area contributed by atoms with Gasteiger partial charge in [0.1, 0.15) is 12.4 Å². The van der Waals surface area contributed by atoms with Crippen LogP contribution in [0.4, 0.5) is 0 Å². The first-order valence-electron chi connectivity index (χ1n) is 10.0. The Labute approximate surface area is 178 Å². The van der Waals surface area contributed by atoms with E-state index in [-0.39, 0.29) is 11.3 Å². The number of carbonyl (C=O) groups excluding carboxylic acids is 1. The minimum Gasteiger partial charge on any atom is -0.489 e. The van der Waals surface area contributed by atoms with Crippen molar-refractivity contribution in [1.82, 2.24) is 5.43 Å². The Balaban J connectivity index is 1.56. The fourth-order valence-corrected chi connectivity index (χ4v) is 3.00. The van der Waals surface area contributed by atoms with E-state index >= 15 is 0 Å². The Morgan fingerprint density at radius 1 is 1.00 bits per heavy atom. The van der Waals surface area contributed by atoms with E-state index in [1.807, 2.05) is 79.7 Å². The van der Waals surface area contributed by atoms with Gasteiger partial charge in [-0.3, -0.25) is 4.79 Å². The van der Waals surface area contributed by atoms with Gasteiger partial charge in [-0.05, 0) is 64.9 Å². The van der Waals surface area contributed by atoms with Crippen molar-refractivity contribution in [2.45, 2.75) is 39.7 Å². The van der Waals surface area contributed by atoms with Crippen LogP contribution in [0.2, 0.25) is 0 Å². The van der Waals surface area contributed by atoms with Crippen molar-refractivity contribution in [2.75, 3.05) is 0 Å². The summed E-state index contributed by atoms with van der Waals surface area (Å²) < 4.78 is 5.90. The maximum absolute atomic E-state index is 12.3. The maximum atomic E-state index is 12.3. The number of amides is 1. The molecule has 0 fully saturated rings. The molecule has 154 valence electrons. The number of hydrogen-bond donors (Lipinski definition) is 1. The molecule has 0 radical (unpaired) electrons. The summed E-state index contributed by atoms with van der Waals surface area (Å²) in [6.07, 6.45) is 1.63. The average Bonchev–Trinajstić information content (AvgIpc) is 2.73. The standard InChI is InChI=1S/C26H28N2O2/c1-19-16-21(10-15-24(19)30-18-20-8-6-5-7-9-20)17-27-28-25(29)22-11-13-23(14-12-22)26(2,3)4/h5-17H,18H2,1-4H3,(H,28,29)/b27-17-. The van der Waals surface area contributed by atoms with Crippen molar-refractivity contribution in [1.29, 1.82) is 0 Å². The topological polar surface area (TPSA) is 50.7 Å². The molecular formula is C26H28N2O2. The lowest BCUT2D eigenvalue weighted by molar-refractivity contribution is 0.0955. The highest BCUT2D eigenvalue weighted by Gasteiger charge is 2.14. The van der Waals surface area contributed by atoms with Crippen LogP contribution in [0.1, 0.15) is 53.4 Å². The van der Waals surface area contributed by atoms with Crippen LogP contribution in [0.25, 0.3) is 0 Å². The van der Waals surface area contributed by atoms with Crippen LogP contribution in [-0.4, -0.2) is 12.1 Å². The highest BCUT2D eigenvalue weighted by atomic mass is 16.5. The first-order chi connectivity index (χ1) is 14.3. The fraction of sp³-hybridized carbons (Fsp3) is 0.231. The van der Waals surface area contributed by atoms with E-state index in [1.54, 1.807) is 6.21 Å². The normalized spacial score (nSPS) is 11.5. The molecular weight excluding hydrogens is 372 g/mol. The number of rotatable bonds is 6. The second-order valence-electron chi connectivity index (χ2n) is 8.33. The molecule has 1 amide bonds. The zero-order valence-electron chi connectivity index (χ0n) is 18.0. The third-order valence-electron chi connectivity index (χ3n) is 4.83. The van der Waals surface area contributed by atoms with Gasteiger partial charge in [-0.2, -0.15) is 5.10 Å². The average molecular weight is 401 g/mol. The van der Waals surface area contributed by atoms with Crippen molar-refractivity contribution in [3.8, 4) is 5.75 Å². The van der Waals surface area contributed by atoms with Crippen LogP contribution in [0, 0.1) is 6.92 Å². The van der Waals surface area contributed by atoms with Gasteiger partial charge in [-0.25, -0.2) is 5.43 Å². The molecule has 0 aliphatic heterocycles. The number of aryl methyl sites for hydroxylation is 1. The van der Waals surface area contributed by atoms with Crippen LogP contribution in [-0.2, 0) is 12.0 Å². The van der Waals surface area contributed by atoms with E-state index in [4.69, 9.17) is 4.74 Å². The summed E-state index contributed by atoms with van der Waals surface area (Å²) in [7, 11) is 0. The van der Waals surface area contributed by atoms with Crippen LogP contribution in [0.5, 0.6) is 5.75 Å². The number of nitrogens with zero attached hydrogens (tertiary/aromatic N) is 1. The van der Waals surface area contributed by atoms with Gasteiger partial charge in [0.25, 0.3) is 5.91 Å². The van der Waals surface area contributed by atoms with E-state index in [0.29, 0.717) is 12.2 Å². The number of hydrogen-bond acceptors (Lipinski definition) is 3. The summed E-state index contributed by atoms with van der Waals surface area (Å²) in [5.74, 6) is 0.602. The van der Waals surface area contributed by atoms with E-state index < -0.39 is 0 Å². The van der Waals surface area contributed by atoms with Gasteiger partial charge < -0.3 is 4.74 Å². The zero-order valence-corrected chi connectivity index (χ0v) is 18.0. The molecule has 0 atom stereocenters. The van der Waals surface area contributed by atoms with Crippen LogP contribution < -0.4 is 10.2 Å². The summed E-state index contributed by atoms with van der Waals surface area (Å²) in [6.45, 7) is 8.96. The number of carbonyl (C=O) groups is 1. The molecule has 3 aromatic rings. The van der Waals surface area contributed by atoms with Gasteiger partial charge >= 0.3 is 0 Å². The molecule has 3 aromatic carbocycles.